The number of pyridine rings is 4. The van der Waals surface area contributed by atoms with Crippen LogP contribution in [0.4, 0.5) is 0 Å². The molecule has 0 spiro atoms. The molecule has 0 aromatic carbocycles. The summed E-state index contributed by atoms with van der Waals surface area (Å²) in [5.41, 5.74) is 2.92. The molecule has 0 atom stereocenters. The third-order valence-electron chi connectivity index (χ3n) is 4.52. The average molecular weight is 424 g/mol. The van der Waals surface area contributed by atoms with Crippen LogP contribution in [0.5, 0.6) is 0 Å². The summed E-state index contributed by atoms with van der Waals surface area (Å²) < 4.78 is 0. The second-order valence-electron chi connectivity index (χ2n) is 6.73. The number of hydrogen-bond donors (Lipinski definition) is 2. The van der Waals surface area contributed by atoms with Crippen molar-refractivity contribution < 1.29 is 19.8 Å². The maximum Gasteiger partial charge on any atom is 0.335 e. The van der Waals surface area contributed by atoms with Gasteiger partial charge in [-0.2, -0.15) is 0 Å². The van der Waals surface area contributed by atoms with Gasteiger partial charge in [0.25, 0.3) is 0 Å². The molecular weight excluding hydrogens is 408 g/mol. The minimum Gasteiger partial charge on any atom is -0.478 e. The van der Waals surface area contributed by atoms with E-state index < -0.39 is 11.9 Å². The highest BCUT2D eigenvalue weighted by Gasteiger charge is 2.14. The van der Waals surface area contributed by atoms with E-state index in [-0.39, 0.29) is 22.5 Å². The van der Waals surface area contributed by atoms with Gasteiger partial charge in [-0.05, 0) is 60.2 Å². The Labute approximate surface area is 182 Å². The topological polar surface area (TPSA) is 126 Å². The van der Waals surface area contributed by atoms with E-state index in [4.69, 9.17) is 0 Å². The second-order valence-corrected chi connectivity index (χ2v) is 6.73. The lowest BCUT2D eigenvalue weighted by Gasteiger charge is -2.08. The standard InChI is InChI=1S/C24H16N4O4/c29-23(30)16-7-10-27-20(12-16)22-14-17(24(31)32)13-21(28-22)19-11-15(6-9-26-19)4-5-18-3-1-2-8-25-18/h1-14H,(H,29,30)(H,31,32)/b5-4+. The second kappa shape index (κ2) is 8.97. The Bertz CT molecular complexity index is 1340. The number of aromatic carboxylic acids is 2. The summed E-state index contributed by atoms with van der Waals surface area (Å²) in [5.74, 6) is -2.26. The lowest BCUT2D eigenvalue weighted by molar-refractivity contribution is 0.0686. The molecular formula is C24H16N4O4. The molecule has 4 heterocycles. The SMILES string of the molecule is O=C(O)c1ccnc(-c2cc(C(=O)O)cc(-c3cc(/C=C/c4ccccn4)ccn3)n2)c1. The van der Waals surface area contributed by atoms with Crippen molar-refractivity contribution in [3.8, 4) is 22.8 Å². The number of rotatable bonds is 6. The molecule has 4 aromatic rings. The van der Waals surface area contributed by atoms with Gasteiger partial charge >= 0.3 is 11.9 Å². The highest BCUT2D eigenvalue weighted by Crippen LogP contribution is 2.24. The summed E-state index contributed by atoms with van der Waals surface area (Å²) in [5, 5.41) is 18.8. The van der Waals surface area contributed by atoms with Crippen LogP contribution in [0.2, 0.25) is 0 Å². The van der Waals surface area contributed by atoms with Crippen LogP contribution in [0.1, 0.15) is 32.0 Å². The van der Waals surface area contributed by atoms with E-state index in [0.717, 1.165) is 11.3 Å². The van der Waals surface area contributed by atoms with Crippen LogP contribution in [0.25, 0.3) is 34.9 Å². The smallest absolute Gasteiger partial charge is 0.335 e. The first-order valence-corrected chi connectivity index (χ1v) is 9.50. The van der Waals surface area contributed by atoms with Crippen LogP contribution >= 0.6 is 0 Å². The monoisotopic (exact) mass is 424 g/mol. The molecule has 0 aliphatic heterocycles. The third-order valence-corrected chi connectivity index (χ3v) is 4.52. The maximum absolute atomic E-state index is 11.7. The zero-order valence-electron chi connectivity index (χ0n) is 16.6. The summed E-state index contributed by atoms with van der Waals surface area (Å²) in [6.07, 6.45) is 8.37. The quantitative estimate of drug-likeness (QED) is 0.472. The fourth-order valence-electron chi connectivity index (χ4n) is 2.97. The van der Waals surface area contributed by atoms with Crippen molar-refractivity contribution in [3.05, 3.63) is 95.6 Å². The Kier molecular flexibility index (Phi) is 5.76. The fraction of sp³-hybridized carbons (Fsp3) is 0. The van der Waals surface area contributed by atoms with Gasteiger partial charge in [-0.25, -0.2) is 14.6 Å². The Morgan fingerprint density at radius 2 is 1.31 bits per heavy atom. The molecule has 32 heavy (non-hydrogen) atoms. The van der Waals surface area contributed by atoms with E-state index in [9.17, 15) is 19.8 Å². The van der Waals surface area contributed by atoms with Gasteiger partial charge in [0.15, 0.2) is 0 Å². The minimum absolute atomic E-state index is 0.0104. The molecule has 8 nitrogen and oxygen atoms in total. The van der Waals surface area contributed by atoms with Gasteiger partial charge in [0.2, 0.25) is 0 Å². The Morgan fingerprint density at radius 3 is 1.97 bits per heavy atom. The highest BCUT2D eigenvalue weighted by molar-refractivity contribution is 5.91. The van der Waals surface area contributed by atoms with Crippen molar-refractivity contribution in [2.45, 2.75) is 0 Å². The summed E-state index contributed by atoms with van der Waals surface area (Å²) in [7, 11) is 0. The molecule has 0 radical (unpaired) electrons. The molecule has 0 unspecified atom stereocenters. The van der Waals surface area contributed by atoms with Crippen molar-refractivity contribution in [2.75, 3.05) is 0 Å². The summed E-state index contributed by atoms with van der Waals surface area (Å²) >= 11 is 0. The van der Waals surface area contributed by atoms with Gasteiger partial charge in [0, 0.05) is 18.6 Å². The fourth-order valence-corrected chi connectivity index (χ4v) is 2.97. The van der Waals surface area contributed by atoms with Gasteiger partial charge in [-0.15, -0.1) is 0 Å². The molecule has 0 fully saturated rings. The molecule has 0 aliphatic carbocycles. The summed E-state index contributed by atoms with van der Waals surface area (Å²) in [4.78, 5) is 40.2. The Morgan fingerprint density at radius 1 is 0.656 bits per heavy atom. The zero-order valence-corrected chi connectivity index (χ0v) is 16.6. The average Bonchev–Trinajstić information content (AvgIpc) is 2.83. The van der Waals surface area contributed by atoms with Crippen LogP contribution in [0.15, 0.2) is 73.2 Å². The van der Waals surface area contributed by atoms with Crippen molar-refractivity contribution in [1.29, 1.82) is 0 Å². The molecule has 156 valence electrons. The van der Waals surface area contributed by atoms with Gasteiger partial charge in [-0.1, -0.05) is 12.1 Å². The molecule has 0 saturated carbocycles. The molecule has 0 amide bonds. The lowest BCUT2D eigenvalue weighted by atomic mass is 10.1. The third kappa shape index (κ3) is 4.71. The van der Waals surface area contributed by atoms with Crippen molar-refractivity contribution in [3.63, 3.8) is 0 Å². The van der Waals surface area contributed by atoms with Crippen LogP contribution in [0, 0.1) is 0 Å². The highest BCUT2D eigenvalue weighted by atomic mass is 16.4. The van der Waals surface area contributed by atoms with E-state index in [0.29, 0.717) is 11.4 Å². The molecule has 0 bridgehead atoms. The van der Waals surface area contributed by atoms with E-state index >= 15 is 0 Å². The van der Waals surface area contributed by atoms with E-state index in [1.807, 2.05) is 36.4 Å². The number of hydrogen-bond acceptors (Lipinski definition) is 6. The maximum atomic E-state index is 11.7. The Hall–Kier alpha value is -4.72. The molecule has 4 aromatic heterocycles. The van der Waals surface area contributed by atoms with E-state index in [2.05, 4.69) is 19.9 Å². The first kappa shape index (κ1) is 20.5. The molecule has 2 N–H and O–H groups in total. The minimum atomic E-state index is -1.14. The molecule has 0 saturated heterocycles. The van der Waals surface area contributed by atoms with Gasteiger partial charge in [0.1, 0.15) is 0 Å². The van der Waals surface area contributed by atoms with Crippen LogP contribution in [-0.2, 0) is 0 Å². The van der Waals surface area contributed by atoms with Crippen molar-refractivity contribution in [2.24, 2.45) is 0 Å². The summed E-state index contributed by atoms with van der Waals surface area (Å²) in [6, 6.07) is 14.7. The predicted octanol–water partition coefficient (Wildman–Crippen LogP) is 4.17. The molecule has 8 heteroatoms. The predicted molar refractivity (Wildman–Crippen MR) is 118 cm³/mol. The number of carbonyl (C=O) groups is 2. The molecule has 0 aliphatic rings. The van der Waals surface area contributed by atoms with Crippen LogP contribution in [-0.4, -0.2) is 42.1 Å². The van der Waals surface area contributed by atoms with Crippen molar-refractivity contribution in [1.82, 2.24) is 19.9 Å². The molecule has 4 rings (SSSR count). The normalized spacial score (nSPS) is 10.9. The van der Waals surface area contributed by atoms with Crippen LogP contribution in [0.3, 0.4) is 0 Å². The lowest BCUT2D eigenvalue weighted by Crippen LogP contribution is -2.02. The van der Waals surface area contributed by atoms with Gasteiger partial charge in [-0.3, -0.25) is 15.0 Å². The summed E-state index contributed by atoms with van der Waals surface area (Å²) in [6.45, 7) is 0. The Balaban J connectivity index is 1.75. The first-order chi connectivity index (χ1) is 15.5. The zero-order chi connectivity index (χ0) is 22.5. The van der Waals surface area contributed by atoms with Crippen LogP contribution < -0.4 is 0 Å². The van der Waals surface area contributed by atoms with Gasteiger partial charge in [0.05, 0.1) is 39.6 Å². The van der Waals surface area contributed by atoms with Gasteiger partial charge < -0.3 is 10.2 Å². The van der Waals surface area contributed by atoms with Crippen molar-refractivity contribution >= 4 is 24.1 Å². The largest absolute Gasteiger partial charge is 0.478 e. The number of nitrogens with zero attached hydrogens (tertiary/aromatic N) is 4. The number of aromatic nitrogens is 4. The van der Waals surface area contributed by atoms with E-state index in [1.54, 1.807) is 18.5 Å². The number of carboxylic acid groups (broad SMARTS) is 2. The first-order valence-electron chi connectivity index (χ1n) is 9.50. The number of carboxylic acids is 2. The van der Waals surface area contributed by atoms with E-state index in [1.165, 1.54) is 30.5 Å².